The van der Waals surface area contributed by atoms with Crippen LogP contribution in [0.2, 0.25) is 0 Å². The second kappa shape index (κ2) is 15.7. The zero-order chi connectivity index (χ0) is 48.7. The van der Waals surface area contributed by atoms with E-state index in [2.05, 4.69) is 244 Å². The van der Waals surface area contributed by atoms with Crippen molar-refractivity contribution in [3.8, 4) is 11.1 Å². The SMILES string of the molecule is Cc1cccc(C)c1N1c2cc(C(C)(C)C)cc3c2B(c2cc(C(C)(C)C)ccc2N3c2ccc(C(C)(C)C)cc2-c2cc(C(C)(C)C)cc(C(C)(C)C)c2)c2sc3ccc(C(C)C)cc3c21. The van der Waals surface area contributed by atoms with Crippen LogP contribution in [0.5, 0.6) is 0 Å². The Hall–Kier alpha value is -5.06. The van der Waals surface area contributed by atoms with Gasteiger partial charge in [-0.15, -0.1) is 11.3 Å². The monoisotopic (exact) mass is 903 g/mol. The number of fused-ring (bicyclic) bond motifs is 6. The summed E-state index contributed by atoms with van der Waals surface area (Å²) >= 11 is 2.01. The van der Waals surface area contributed by atoms with E-state index < -0.39 is 0 Å². The summed E-state index contributed by atoms with van der Waals surface area (Å²) in [4.78, 5) is 5.39. The van der Waals surface area contributed by atoms with Crippen molar-refractivity contribution in [3.05, 3.63) is 148 Å². The maximum atomic E-state index is 2.70. The fourth-order valence-electron chi connectivity index (χ4n) is 10.5. The van der Waals surface area contributed by atoms with E-state index in [1.54, 1.807) is 0 Å². The molecular weight excluding hydrogens is 828 g/mol. The Bertz CT molecular complexity index is 3050. The first-order valence-corrected chi connectivity index (χ1v) is 25.7. The fraction of sp³-hybridized carbons (Fsp3) is 0.397. The topological polar surface area (TPSA) is 6.48 Å². The van der Waals surface area contributed by atoms with Gasteiger partial charge in [0.2, 0.25) is 0 Å². The predicted molar refractivity (Wildman–Crippen MR) is 298 cm³/mol. The number of nitrogens with zero attached hydrogens (tertiary/aromatic N) is 2. The maximum Gasteiger partial charge on any atom is 0.264 e. The summed E-state index contributed by atoms with van der Waals surface area (Å²) in [5, 5.41) is 1.35. The number of para-hydroxylation sites is 1. The summed E-state index contributed by atoms with van der Waals surface area (Å²) in [5.41, 5.74) is 23.5. The summed E-state index contributed by atoms with van der Waals surface area (Å²) in [6.07, 6.45) is 0. The van der Waals surface area contributed by atoms with Gasteiger partial charge in [-0.2, -0.15) is 0 Å². The highest BCUT2D eigenvalue weighted by Gasteiger charge is 2.47. The van der Waals surface area contributed by atoms with Crippen LogP contribution in [0.4, 0.5) is 34.1 Å². The number of hydrogen-bond donors (Lipinski definition) is 0. The molecule has 7 aromatic rings. The maximum absolute atomic E-state index is 2.70. The third-order valence-corrected chi connectivity index (χ3v) is 16.1. The molecule has 9 rings (SSSR count). The van der Waals surface area contributed by atoms with Gasteiger partial charge in [-0.05, 0) is 150 Å². The van der Waals surface area contributed by atoms with Crippen molar-refractivity contribution in [2.24, 2.45) is 0 Å². The molecule has 346 valence electrons. The molecule has 1 aromatic heterocycles. The van der Waals surface area contributed by atoms with Crippen molar-refractivity contribution in [2.45, 2.75) is 165 Å². The minimum atomic E-state index is -0.126. The van der Waals surface area contributed by atoms with Crippen molar-refractivity contribution >= 4 is 78.0 Å². The quantitative estimate of drug-likeness (QED) is 0.162. The molecule has 0 N–H and O–H groups in total. The molecule has 0 saturated carbocycles. The molecule has 0 radical (unpaired) electrons. The molecule has 0 spiro atoms. The molecule has 0 bridgehead atoms. The normalized spacial score (nSPS) is 14.2. The van der Waals surface area contributed by atoms with Crippen LogP contribution in [-0.2, 0) is 27.1 Å². The van der Waals surface area contributed by atoms with E-state index in [1.165, 1.54) is 116 Å². The molecule has 0 atom stereocenters. The van der Waals surface area contributed by atoms with E-state index in [4.69, 9.17) is 0 Å². The van der Waals surface area contributed by atoms with Gasteiger partial charge in [0.25, 0.3) is 6.71 Å². The van der Waals surface area contributed by atoms with Crippen LogP contribution in [0.1, 0.15) is 168 Å². The van der Waals surface area contributed by atoms with E-state index in [-0.39, 0.29) is 33.8 Å². The van der Waals surface area contributed by atoms with Crippen LogP contribution in [0.3, 0.4) is 0 Å². The fourth-order valence-corrected chi connectivity index (χ4v) is 11.8. The van der Waals surface area contributed by atoms with Gasteiger partial charge in [0.05, 0.1) is 17.1 Å². The highest BCUT2D eigenvalue weighted by Crippen LogP contribution is 2.52. The van der Waals surface area contributed by atoms with Gasteiger partial charge in [-0.3, -0.25) is 0 Å². The predicted octanol–water partition coefficient (Wildman–Crippen LogP) is 16.9. The Kier molecular flexibility index (Phi) is 11.1. The van der Waals surface area contributed by atoms with Crippen LogP contribution in [-0.4, -0.2) is 6.71 Å². The number of aryl methyl sites for hydroxylation is 2. The van der Waals surface area contributed by atoms with E-state index in [9.17, 15) is 0 Å². The highest BCUT2D eigenvalue weighted by molar-refractivity contribution is 7.33. The number of hydrogen-bond acceptors (Lipinski definition) is 3. The van der Waals surface area contributed by atoms with Crippen LogP contribution < -0.4 is 25.5 Å². The van der Waals surface area contributed by atoms with Crippen molar-refractivity contribution in [2.75, 3.05) is 9.80 Å². The highest BCUT2D eigenvalue weighted by atomic mass is 32.1. The van der Waals surface area contributed by atoms with E-state index >= 15 is 0 Å². The first kappa shape index (κ1) is 47.0. The lowest BCUT2D eigenvalue weighted by Crippen LogP contribution is -2.60. The average molecular weight is 903 g/mol. The van der Waals surface area contributed by atoms with Gasteiger partial charge in [0.15, 0.2) is 0 Å². The van der Waals surface area contributed by atoms with Crippen molar-refractivity contribution < 1.29 is 0 Å². The van der Waals surface area contributed by atoms with Gasteiger partial charge < -0.3 is 9.80 Å². The molecule has 3 heterocycles. The number of benzene rings is 6. The molecule has 6 aromatic carbocycles. The second-order valence-corrected chi connectivity index (χ2v) is 26.6. The number of rotatable bonds is 4. The van der Waals surface area contributed by atoms with Gasteiger partial charge in [0.1, 0.15) is 0 Å². The lowest BCUT2D eigenvalue weighted by atomic mass is 9.36. The first-order chi connectivity index (χ1) is 31.0. The molecule has 0 fully saturated rings. The molecule has 0 aliphatic carbocycles. The first-order valence-electron chi connectivity index (χ1n) is 24.9. The molecule has 2 aliphatic rings. The Morgan fingerprint density at radius 3 is 1.51 bits per heavy atom. The van der Waals surface area contributed by atoms with Gasteiger partial charge in [0, 0.05) is 37.5 Å². The van der Waals surface area contributed by atoms with Crippen LogP contribution >= 0.6 is 11.3 Å². The second-order valence-electron chi connectivity index (χ2n) is 25.6. The molecule has 67 heavy (non-hydrogen) atoms. The Morgan fingerprint density at radius 2 is 0.970 bits per heavy atom. The largest absolute Gasteiger partial charge is 0.311 e. The van der Waals surface area contributed by atoms with Gasteiger partial charge >= 0.3 is 0 Å². The summed E-state index contributed by atoms with van der Waals surface area (Å²) in [5.74, 6) is 0.421. The van der Waals surface area contributed by atoms with Crippen molar-refractivity contribution in [3.63, 3.8) is 0 Å². The Labute approximate surface area is 408 Å². The molecule has 4 heteroatoms. The lowest BCUT2D eigenvalue weighted by molar-refractivity contribution is 0.569. The minimum absolute atomic E-state index is 0.0265. The average Bonchev–Trinajstić information content (AvgIpc) is 3.60. The summed E-state index contributed by atoms with van der Waals surface area (Å²) in [7, 11) is 0. The molecule has 2 aliphatic heterocycles. The zero-order valence-electron chi connectivity index (χ0n) is 44.3. The standard InChI is InChI=1S/C63H75BN2S/c1-37(2)40-23-28-54-48(31-40)57-58(67-54)64-49-34-43(60(8,9)10)25-27-51(49)65(52-35-46(63(17,18)19)36-53(55(52)64)66(57)56-38(3)21-20-22-39(56)4)50-26-24-42(59(5,6)7)33-47(50)41-29-44(61(11,12)13)32-45(30-41)62(14,15)16/h20-37H,1-19H3. The molecule has 0 amide bonds. The van der Waals surface area contributed by atoms with Crippen LogP contribution in [0.25, 0.3) is 21.2 Å². The van der Waals surface area contributed by atoms with Crippen LogP contribution in [0.15, 0.2) is 103 Å². The lowest BCUT2D eigenvalue weighted by Gasteiger charge is -2.45. The molecular formula is C63H75BN2S. The third-order valence-electron chi connectivity index (χ3n) is 14.8. The minimum Gasteiger partial charge on any atom is -0.311 e. The van der Waals surface area contributed by atoms with E-state index in [0.29, 0.717) is 5.92 Å². The summed E-state index contributed by atoms with van der Waals surface area (Å²) in [6.45, 7) is 44.8. The van der Waals surface area contributed by atoms with Crippen molar-refractivity contribution in [1.82, 2.24) is 0 Å². The van der Waals surface area contributed by atoms with Gasteiger partial charge in [-0.1, -0.05) is 178 Å². The Balaban J connectivity index is 1.48. The molecule has 0 saturated heterocycles. The van der Waals surface area contributed by atoms with E-state index in [1.807, 2.05) is 11.3 Å². The molecule has 2 nitrogen and oxygen atoms in total. The van der Waals surface area contributed by atoms with Gasteiger partial charge in [-0.25, -0.2) is 0 Å². The number of anilines is 6. The third kappa shape index (κ3) is 8.07. The zero-order valence-corrected chi connectivity index (χ0v) is 45.1. The smallest absolute Gasteiger partial charge is 0.264 e. The Morgan fingerprint density at radius 1 is 0.463 bits per heavy atom. The number of thiophene rings is 1. The van der Waals surface area contributed by atoms with Crippen LogP contribution in [0, 0.1) is 13.8 Å². The summed E-state index contributed by atoms with van der Waals surface area (Å²) < 4.78 is 2.78. The molecule has 0 unspecified atom stereocenters. The van der Waals surface area contributed by atoms with Crippen molar-refractivity contribution in [1.29, 1.82) is 0 Å². The van der Waals surface area contributed by atoms with E-state index in [0.717, 1.165) is 0 Å². The summed E-state index contributed by atoms with van der Waals surface area (Å²) in [6, 6.07) is 41.6.